The number of pyridine rings is 1. The molecule has 0 aliphatic rings. The van der Waals surface area contributed by atoms with E-state index in [-0.39, 0.29) is 42.5 Å². The minimum Gasteiger partial charge on any atom is -0.512 e. The average molecular weight is 851 g/mol. The zero-order chi connectivity index (χ0) is 34.6. The Morgan fingerprint density at radius 2 is 1.53 bits per heavy atom. The van der Waals surface area contributed by atoms with Crippen molar-refractivity contribution in [2.45, 2.75) is 87.0 Å². The van der Waals surface area contributed by atoms with Gasteiger partial charge in [0.05, 0.1) is 22.1 Å². The van der Waals surface area contributed by atoms with Crippen LogP contribution in [0.15, 0.2) is 91.0 Å². The summed E-state index contributed by atoms with van der Waals surface area (Å²) in [5.74, 6) is 0.710. The summed E-state index contributed by atoms with van der Waals surface area (Å²) < 4.78 is 3.37. The Morgan fingerprint density at radius 3 is 2.16 bits per heavy atom. The molecular formula is C42H48IrN3O2S-. The fourth-order valence-corrected chi connectivity index (χ4v) is 6.89. The molecule has 49 heavy (non-hydrogen) atoms. The van der Waals surface area contributed by atoms with Crippen molar-refractivity contribution in [3.05, 3.63) is 103 Å². The summed E-state index contributed by atoms with van der Waals surface area (Å²) in [5, 5.41) is 12.5. The number of aliphatic hydroxyl groups excluding tert-OH is 1. The zero-order valence-electron chi connectivity index (χ0n) is 29.9. The summed E-state index contributed by atoms with van der Waals surface area (Å²) in [4.78, 5) is 22.6. The average Bonchev–Trinajstić information content (AvgIpc) is 3.70. The van der Waals surface area contributed by atoms with Gasteiger partial charge < -0.3 is 5.11 Å². The molecule has 7 heteroatoms. The largest absolute Gasteiger partial charge is 0.512 e. The van der Waals surface area contributed by atoms with Crippen molar-refractivity contribution >= 4 is 43.1 Å². The number of hydrogen-bond acceptors (Lipinski definition) is 5. The van der Waals surface area contributed by atoms with E-state index in [2.05, 4.69) is 90.0 Å². The Labute approximate surface area is 308 Å². The maximum Gasteiger partial charge on any atom is 0.195 e. The number of carbonyl (C=O) groups excluding carboxylic acids is 1. The molecule has 259 valence electrons. The SMILES string of the molecule is CC(C)c1cc(-c2cc3c(cn2)sc2ncc(-c4ccccc4)n23)[c-]c2ccccc12.CCC(C)(CC)C(=O)/C=C(\O)C(C)(CC)CC.[Ir]. The van der Waals surface area contributed by atoms with Gasteiger partial charge in [0.25, 0.3) is 0 Å². The van der Waals surface area contributed by atoms with Gasteiger partial charge in [0, 0.05) is 54.5 Å². The number of rotatable bonds is 10. The molecule has 0 unspecified atom stereocenters. The van der Waals surface area contributed by atoms with Crippen LogP contribution >= 0.6 is 11.3 Å². The summed E-state index contributed by atoms with van der Waals surface area (Å²) in [7, 11) is 0. The van der Waals surface area contributed by atoms with Crippen molar-refractivity contribution in [1.82, 2.24) is 14.4 Å². The molecule has 0 saturated heterocycles. The van der Waals surface area contributed by atoms with Crippen LogP contribution in [-0.4, -0.2) is 25.3 Å². The molecule has 3 aromatic heterocycles. The summed E-state index contributed by atoms with van der Waals surface area (Å²) in [6.07, 6.45) is 8.68. The number of aromatic nitrogens is 3. The van der Waals surface area contributed by atoms with E-state index in [1.807, 2.05) is 60.0 Å². The molecule has 1 radical (unpaired) electrons. The van der Waals surface area contributed by atoms with Gasteiger partial charge in [-0.25, -0.2) is 4.98 Å². The van der Waals surface area contributed by atoms with Crippen molar-refractivity contribution in [2.75, 3.05) is 0 Å². The van der Waals surface area contributed by atoms with Crippen LogP contribution in [0, 0.1) is 16.9 Å². The van der Waals surface area contributed by atoms with Gasteiger partial charge in [-0.3, -0.25) is 14.2 Å². The fourth-order valence-electron chi connectivity index (χ4n) is 5.94. The van der Waals surface area contributed by atoms with E-state index < -0.39 is 0 Å². The maximum atomic E-state index is 12.2. The molecule has 3 aromatic carbocycles. The summed E-state index contributed by atoms with van der Waals surface area (Å²) in [6, 6.07) is 26.9. The zero-order valence-corrected chi connectivity index (χ0v) is 33.1. The summed E-state index contributed by atoms with van der Waals surface area (Å²) in [6.45, 7) is 16.6. The molecule has 5 nitrogen and oxygen atoms in total. The third-order valence-corrected chi connectivity index (χ3v) is 11.4. The first-order valence-electron chi connectivity index (χ1n) is 17.2. The quantitative estimate of drug-likeness (QED) is 0.0847. The van der Waals surface area contributed by atoms with E-state index in [0.29, 0.717) is 5.92 Å². The Balaban J connectivity index is 0.000000260. The Kier molecular flexibility index (Phi) is 12.4. The van der Waals surface area contributed by atoms with E-state index in [1.165, 1.54) is 17.0 Å². The molecule has 3 heterocycles. The summed E-state index contributed by atoms with van der Waals surface area (Å²) in [5.41, 5.74) is 6.09. The van der Waals surface area contributed by atoms with Crippen LogP contribution in [0.5, 0.6) is 0 Å². The topological polar surface area (TPSA) is 67.5 Å². The third kappa shape index (κ3) is 7.75. The number of fused-ring (bicyclic) bond motifs is 4. The van der Waals surface area contributed by atoms with E-state index in [1.54, 1.807) is 11.3 Å². The number of aliphatic hydroxyl groups is 1. The second-order valence-electron chi connectivity index (χ2n) is 13.5. The minimum atomic E-state index is -0.337. The van der Waals surface area contributed by atoms with Crippen LogP contribution in [0.4, 0.5) is 0 Å². The number of ketones is 1. The van der Waals surface area contributed by atoms with E-state index in [0.717, 1.165) is 68.8 Å². The molecular weight excluding hydrogens is 803 g/mol. The van der Waals surface area contributed by atoms with E-state index in [9.17, 15) is 9.90 Å². The molecule has 0 aliphatic carbocycles. The predicted molar refractivity (Wildman–Crippen MR) is 203 cm³/mol. The molecule has 0 atom stereocenters. The number of carbonyl (C=O) groups is 1. The van der Waals surface area contributed by atoms with Crippen LogP contribution in [0.2, 0.25) is 0 Å². The van der Waals surface area contributed by atoms with Crippen LogP contribution in [0.25, 0.3) is 48.5 Å². The predicted octanol–water partition coefficient (Wildman–Crippen LogP) is 12.0. The van der Waals surface area contributed by atoms with E-state index in [4.69, 9.17) is 4.98 Å². The first kappa shape index (κ1) is 38.2. The monoisotopic (exact) mass is 851 g/mol. The van der Waals surface area contributed by atoms with Crippen molar-refractivity contribution in [2.24, 2.45) is 10.8 Å². The Bertz CT molecular complexity index is 2070. The van der Waals surface area contributed by atoms with Gasteiger partial charge in [-0.05, 0) is 37.7 Å². The van der Waals surface area contributed by atoms with Gasteiger partial charge in [0.1, 0.15) is 5.76 Å². The Hall–Kier alpha value is -3.64. The number of allylic oxidation sites excluding steroid dienone is 2. The minimum absolute atomic E-state index is 0. The molecule has 0 aliphatic heterocycles. The van der Waals surface area contributed by atoms with Crippen LogP contribution in [-0.2, 0) is 24.9 Å². The Morgan fingerprint density at radius 1 is 0.898 bits per heavy atom. The van der Waals surface area contributed by atoms with Crippen molar-refractivity contribution in [3.63, 3.8) is 0 Å². The molecule has 1 N–H and O–H groups in total. The van der Waals surface area contributed by atoms with Crippen molar-refractivity contribution in [1.29, 1.82) is 0 Å². The van der Waals surface area contributed by atoms with Gasteiger partial charge in [-0.2, -0.15) is 0 Å². The van der Waals surface area contributed by atoms with Crippen LogP contribution in [0.3, 0.4) is 0 Å². The van der Waals surface area contributed by atoms with Crippen LogP contribution in [0.1, 0.15) is 92.6 Å². The molecule has 6 aromatic rings. The molecule has 0 bridgehead atoms. The maximum absolute atomic E-state index is 12.2. The second-order valence-corrected chi connectivity index (χ2v) is 14.5. The molecule has 0 saturated carbocycles. The number of benzene rings is 3. The number of hydrogen-bond donors (Lipinski definition) is 1. The summed E-state index contributed by atoms with van der Waals surface area (Å²) >= 11 is 1.67. The van der Waals surface area contributed by atoms with E-state index >= 15 is 0 Å². The fraction of sp³-hybridized carbons (Fsp3) is 0.357. The van der Waals surface area contributed by atoms with Gasteiger partial charge in [-0.15, -0.1) is 29.1 Å². The van der Waals surface area contributed by atoms with Crippen LogP contribution < -0.4 is 0 Å². The van der Waals surface area contributed by atoms with Crippen molar-refractivity contribution in [3.8, 4) is 22.5 Å². The van der Waals surface area contributed by atoms with Gasteiger partial charge in [0.15, 0.2) is 10.7 Å². The third-order valence-electron chi connectivity index (χ3n) is 10.4. The normalized spacial score (nSPS) is 12.3. The van der Waals surface area contributed by atoms with Gasteiger partial charge in [0.2, 0.25) is 0 Å². The standard InChI is InChI=1S/C27H20N3S.C15H28O2.Ir/c1-17(2)22-13-20(12-19-10-6-7-11-21(19)22)23-14-24-26(16-28-23)31-27-29-15-25(30(24)27)18-8-4-3-5-9-18;1-7-14(5,8-2)12(16)11-13(17)15(6,9-3)10-4;/h3-11,13-17H,1-2H3;11,16H,7-10H2,1-6H3;/q-1;;/b;12-11-;. The molecule has 0 spiro atoms. The molecule has 6 rings (SSSR count). The number of thiazole rings is 1. The molecule has 0 amide bonds. The first-order valence-corrected chi connectivity index (χ1v) is 18.0. The van der Waals surface area contributed by atoms with Crippen molar-refractivity contribution < 1.29 is 30.0 Å². The van der Waals surface area contributed by atoms with Gasteiger partial charge >= 0.3 is 0 Å². The smallest absolute Gasteiger partial charge is 0.195 e. The first-order chi connectivity index (χ1) is 23.0. The van der Waals surface area contributed by atoms with Gasteiger partial charge in [-0.1, -0.05) is 126 Å². The number of imidazole rings is 1. The second kappa shape index (κ2) is 15.9. The molecule has 0 fully saturated rings. The number of nitrogens with zero attached hydrogens (tertiary/aromatic N) is 3.